The minimum atomic E-state index is 0.973. The van der Waals surface area contributed by atoms with Crippen LogP contribution in [0.1, 0.15) is 39.0 Å². The summed E-state index contributed by atoms with van der Waals surface area (Å²) in [4.78, 5) is 0. The minimum Gasteiger partial charge on any atom is -0.0651 e. The first-order chi connectivity index (χ1) is 4.87. The summed E-state index contributed by atoms with van der Waals surface area (Å²) in [6.45, 7) is 2.37. The smallest absolute Gasteiger partial charge is 0.0232 e. The summed E-state index contributed by atoms with van der Waals surface area (Å²) >= 11 is 0. The van der Waals surface area contributed by atoms with E-state index in [-0.39, 0.29) is 0 Å². The maximum Gasteiger partial charge on any atom is -0.0232 e. The van der Waals surface area contributed by atoms with E-state index in [1.165, 1.54) is 18.3 Å². The summed E-state index contributed by atoms with van der Waals surface area (Å²) in [5, 5.41) is 0. The van der Waals surface area contributed by atoms with Crippen LogP contribution >= 0.6 is 0 Å². The molecule has 0 radical (unpaired) electrons. The molecule has 0 saturated heterocycles. The third kappa shape index (κ3) is 0.408. The van der Waals surface area contributed by atoms with Crippen molar-refractivity contribution in [3.63, 3.8) is 0 Å². The second kappa shape index (κ2) is 1.44. The van der Waals surface area contributed by atoms with Crippen molar-refractivity contribution in [2.24, 2.45) is 23.2 Å². The van der Waals surface area contributed by atoms with E-state index in [0.717, 1.165) is 11.3 Å². The summed E-state index contributed by atoms with van der Waals surface area (Å²) in [6, 6.07) is 0. The summed E-state index contributed by atoms with van der Waals surface area (Å²) in [6.07, 6.45) is 7.86. The summed E-state index contributed by atoms with van der Waals surface area (Å²) in [5.41, 5.74) is 0.973. The van der Waals surface area contributed by atoms with Gasteiger partial charge in [0.15, 0.2) is 0 Å². The fraction of sp³-hybridized carbons (Fsp3) is 1.00. The maximum atomic E-state index is 2.37. The Balaban J connectivity index is 1.82. The highest BCUT2D eigenvalue weighted by molar-refractivity contribution is 5.19. The van der Waals surface area contributed by atoms with Crippen LogP contribution in [0.2, 0.25) is 0 Å². The van der Waals surface area contributed by atoms with Crippen LogP contribution in [0.25, 0.3) is 0 Å². The van der Waals surface area contributed by atoms with Crippen molar-refractivity contribution in [1.29, 1.82) is 0 Å². The summed E-state index contributed by atoms with van der Waals surface area (Å²) in [7, 11) is 0. The van der Waals surface area contributed by atoms with E-state index in [9.17, 15) is 0 Å². The molecular formula is C10H16. The Morgan fingerprint density at radius 2 is 2.20 bits per heavy atom. The zero-order chi connectivity index (χ0) is 6.77. The first-order valence-electron chi connectivity index (χ1n) is 4.87. The van der Waals surface area contributed by atoms with Gasteiger partial charge in [0.2, 0.25) is 0 Å². The van der Waals surface area contributed by atoms with Crippen molar-refractivity contribution in [2.75, 3.05) is 0 Å². The monoisotopic (exact) mass is 136 g/mol. The van der Waals surface area contributed by atoms with Crippen molar-refractivity contribution >= 4 is 0 Å². The highest BCUT2D eigenvalue weighted by atomic mass is 14.7. The van der Waals surface area contributed by atoms with Gasteiger partial charge in [-0.05, 0) is 48.9 Å². The Kier molecular flexibility index (Phi) is 0.810. The van der Waals surface area contributed by atoms with Crippen LogP contribution in [0.4, 0.5) is 0 Å². The van der Waals surface area contributed by atoms with Crippen LogP contribution in [-0.2, 0) is 0 Å². The van der Waals surface area contributed by atoms with E-state index >= 15 is 0 Å². The van der Waals surface area contributed by atoms with Crippen molar-refractivity contribution in [3.05, 3.63) is 0 Å². The van der Waals surface area contributed by atoms with Gasteiger partial charge in [0, 0.05) is 0 Å². The van der Waals surface area contributed by atoms with Gasteiger partial charge < -0.3 is 0 Å². The lowest BCUT2D eigenvalue weighted by Crippen LogP contribution is -2.36. The van der Waals surface area contributed by atoms with Gasteiger partial charge in [-0.2, -0.15) is 0 Å². The average Bonchev–Trinajstić information content (AvgIpc) is 2.55. The molecule has 0 aromatic carbocycles. The van der Waals surface area contributed by atoms with E-state index in [0.29, 0.717) is 0 Å². The summed E-state index contributed by atoms with van der Waals surface area (Å²) in [5.74, 6) is 3.55. The van der Waals surface area contributed by atoms with E-state index in [1.54, 1.807) is 25.7 Å². The van der Waals surface area contributed by atoms with E-state index in [4.69, 9.17) is 0 Å². The van der Waals surface area contributed by atoms with Crippen molar-refractivity contribution in [3.8, 4) is 0 Å². The molecule has 3 fully saturated rings. The lowest BCUT2D eigenvalue weighted by atomic mass is 9.62. The first kappa shape index (κ1) is 5.62. The van der Waals surface area contributed by atoms with E-state index in [1.807, 2.05) is 0 Å². The van der Waals surface area contributed by atoms with Gasteiger partial charge in [-0.3, -0.25) is 0 Å². The van der Waals surface area contributed by atoms with Crippen LogP contribution in [0, 0.1) is 23.2 Å². The van der Waals surface area contributed by atoms with Gasteiger partial charge >= 0.3 is 0 Å². The van der Waals surface area contributed by atoms with Gasteiger partial charge in [-0.1, -0.05) is 13.3 Å². The fourth-order valence-electron chi connectivity index (χ4n) is 3.92. The molecule has 3 saturated carbocycles. The predicted molar refractivity (Wildman–Crippen MR) is 41.7 cm³/mol. The zero-order valence-corrected chi connectivity index (χ0v) is 6.77. The third-order valence-electron chi connectivity index (χ3n) is 4.58. The molecule has 0 aromatic heterocycles. The Hall–Kier alpha value is 0. The molecule has 0 aliphatic heterocycles. The molecule has 0 bridgehead atoms. The molecule has 1 spiro atoms. The fourth-order valence-corrected chi connectivity index (χ4v) is 3.92. The third-order valence-corrected chi connectivity index (χ3v) is 4.58. The van der Waals surface area contributed by atoms with Gasteiger partial charge in [-0.25, -0.2) is 0 Å². The van der Waals surface area contributed by atoms with Crippen LogP contribution in [-0.4, -0.2) is 0 Å². The molecule has 0 nitrogen and oxygen atoms in total. The maximum absolute atomic E-state index is 2.37. The minimum absolute atomic E-state index is 0.973. The molecule has 0 amide bonds. The number of hydrogen-bond donors (Lipinski definition) is 0. The van der Waals surface area contributed by atoms with E-state index < -0.39 is 0 Å². The molecule has 4 atom stereocenters. The van der Waals surface area contributed by atoms with E-state index in [2.05, 4.69) is 6.92 Å². The molecule has 0 aromatic rings. The lowest BCUT2D eigenvalue weighted by molar-refractivity contribution is 0.0574. The van der Waals surface area contributed by atoms with Crippen molar-refractivity contribution < 1.29 is 0 Å². The second-order valence-corrected chi connectivity index (χ2v) is 4.69. The van der Waals surface area contributed by atoms with Gasteiger partial charge in [0.05, 0.1) is 0 Å². The lowest BCUT2D eigenvalue weighted by Gasteiger charge is -2.43. The average molecular weight is 136 g/mol. The molecular weight excluding hydrogens is 120 g/mol. The normalized spacial score (nSPS) is 62.7. The van der Waals surface area contributed by atoms with Crippen molar-refractivity contribution in [2.45, 2.75) is 39.0 Å². The topological polar surface area (TPSA) is 0 Å². The molecule has 56 valence electrons. The predicted octanol–water partition coefficient (Wildman–Crippen LogP) is 2.83. The molecule has 4 unspecified atom stereocenters. The Bertz CT molecular complexity index is 171. The van der Waals surface area contributed by atoms with Crippen LogP contribution < -0.4 is 0 Å². The van der Waals surface area contributed by atoms with Crippen LogP contribution in [0.15, 0.2) is 0 Å². The molecule has 0 heteroatoms. The quantitative estimate of drug-likeness (QED) is 0.520. The second-order valence-electron chi connectivity index (χ2n) is 4.69. The molecule has 0 heterocycles. The van der Waals surface area contributed by atoms with Crippen LogP contribution in [0.5, 0.6) is 0 Å². The van der Waals surface area contributed by atoms with Gasteiger partial charge in [0.1, 0.15) is 0 Å². The molecule has 3 rings (SSSR count). The summed E-state index contributed by atoms with van der Waals surface area (Å²) < 4.78 is 0. The highest BCUT2D eigenvalue weighted by Gasteiger charge is 2.69. The molecule has 3 aliphatic carbocycles. The Labute approximate surface area is 63.0 Å². The molecule has 10 heavy (non-hydrogen) atoms. The van der Waals surface area contributed by atoms with Crippen molar-refractivity contribution in [1.82, 2.24) is 0 Å². The zero-order valence-electron chi connectivity index (χ0n) is 6.77. The first-order valence-corrected chi connectivity index (χ1v) is 4.87. The molecule has 0 N–H and O–H groups in total. The van der Waals surface area contributed by atoms with Gasteiger partial charge in [-0.15, -0.1) is 0 Å². The number of hydrogen-bond acceptors (Lipinski definition) is 0. The SMILES string of the molecule is CCC1CC23CC2CCC13. The van der Waals surface area contributed by atoms with Crippen LogP contribution in [0.3, 0.4) is 0 Å². The Morgan fingerprint density at radius 1 is 1.30 bits per heavy atom. The Morgan fingerprint density at radius 3 is 2.80 bits per heavy atom. The number of rotatable bonds is 1. The highest BCUT2D eigenvalue weighted by Crippen LogP contribution is 2.78. The standard InChI is InChI=1S/C10H16/c1-2-7-5-10-6-8(10)3-4-9(7)10/h7-9H,2-6H2,1H3. The van der Waals surface area contributed by atoms with Gasteiger partial charge in [0.25, 0.3) is 0 Å². The largest absolute Gasteiger partial charge is 0.0651 e. The molecule has 3 aliphatic rings.